The normalized spacial score (nSPS) is 14.4. The van der Waals surface area contributed by atoms with Crippen LogP contribution in [0.3, 0.4) is 0 Å². The van der Waals surface area contributed by atoms with Crippen LogP contribution >= 0.6 is 0 Å². The van der Waals surface area contributed by atoms with Crippen LogP contribution < -0.4 is 10.1 Å². The van der Waals surface area contributed by atoms with Crippen LogP contribution in [0.2, 0.25) is 19.6 Å². The summed E-state index contributed by atoms with van der Waals surface area (Å²) in [5.74, 6) is 1.83. The van der Waals surface area contributed by atoms with Gasteiger partial charge in [0.2, 0.25) is 0 Å². The molecule has 3 nitrogen and oxygen atoms in total. The summed E-state index contributed by atoms with van der Waals surface area (Å²) in [5, 5.41) is 1.18. The van der Waals surface area contributed by atoms with Crippen molar-refractivity contribution in [3.8, 4) is 17.1 Å². The largest absolute Gasteiger partial charge is 0.497 e. The molecule has 0 bridgehead atoms. The third kappa shape index (κ3) is 2.19. The topological polar surface area (TPSA) is 31.6 Å². The van der Waals surface area contributed by atoms with Gasteiger partial charge in [0.05, 0.1) is 25.7 Å². The van der Waals surface area contributed by atoms with Crippen LogP contribution in [-0.4, -0.2) is 15.2 Å². The zero-order chi connectivity index (χ0) is 14.3. The van der Waals surface area contributed by atoms with E-state index in [0.29, 0.717) is 13.2 Å². The van der Waals surface area contributed by atoms with Crippen LogP contribution in [0.15, 0.2) is 28.7 Å². The molecule has 106 valence electrons. The maximum atomic E-state index is 6.25. The van der Waals surface area contributed by atoms with Crippen molar-refractivity contribution in [2.45, 2.75) is 32.9 Å². The first kappa shape index (κ1) is 13.5. The summed E-state index contributed by atoms with van der Waals surface area (Å²) < 4.78 is 17.1. The van der Waals surface area contributed by atoms with E-state index >= 15 is 0 Å². The molecule has 0 saturated heterocycles. The Labute approximate surface area is 120 Å². The fourth-order valence-corrected chi connectivity index (χ4v) is 4.18. The lowest BCUT2D eigenvalue weighted by atomic mass is 10.1. The van der Waals surface area contributed by atoms with Gasteiger partial charge >= 0.3 is 0 Å². The van der Waals surface area contributed by atoms with Gasteiger partial charge in [0.1, 0.15) is 19.6 Å². The molecule has 4 heteroatoms. The monoisotopic (exact) mass is 288 g/mol. The van der Waals surface area contributed by atoms with Crippen molar-refractivity contribution in [1.82, 2.24) is 0 Å². The van der Waals surface area contributed by atoms with Gasteiger partial charge in [-0.1, -0.05) is 19.6 Å². The Morgan fingerprint density at radius 3 is 2.25 bits per heavy atom. The van der Waals surface area contributed by atoms with E-state index in [2.05, 4.69) is 19.6 Å². The first-order valence-electron chi connectivity index (χ1n) is 6.88. The van der Waals surface area contributed by atoms with Crippen LogP contribution in [0, 0.1) is 0 Å². The van der Waals surface area contributed by atoms with Crippen LogP contribution in [0.4, 0.5) is 0 Å². The molecule has 0 radical (unpaired) electrons. The van der Waals surface area contributed by atoms with E-state index in [1.165, 1.54) is 16.5 Å². The van der Waals surface area contributed by atoms with Crippen molar-refractivity contribution in [2.24, 2.45) is 0 Å². The Morgan fingerprint density at radius 1 is 1.00 bits per heavy atom. The summed E-state index contributed by atoms with van der Waals surface area (Å²) in [6, 6.07) is 8.02. The van der Waals surface area contributed by atoms with Gasteiger partial charge in [-0.15, -0.1) is 0 Å². The minimum Gasteiger partial charge on any atom is -0.497 e. The Morgan fingerprint density at radius 2 is 1.65 bits per heavy atom. The van der Waals surface area contributed by atoms with Gasteiger partial charge in [0, 0.05) is 16.7 Å². The second kappa shape index (κ2) is 4.79. The van der Waals surface area contributed by atoms with E-state index in [-0.39, 0.29) is 0 Å². The molecule has 1 aromatic heterocycles. The quantitative estimate of drug-likeness (QED) is 0.810. The zero-order valence-corrected chi connectivity index (χ0v) is 13.4. The third-order valence-corrected chi connectivity index (χ3v) is 5.41. The highest BCUT2D eigenvalue weighted by Gasteiger charge is 2.32. The first-order chi connectivity index (χ1) is 9.50. The van der Waals surface area contributed by atoms with Crippen molar-refractivity contribution in [2.75, 3.05) is 7.11 Å². The molecular weight excluding hydrogens is 268 g/mol. The standard InChI is InChI=1S/C16H20O3Si/c1-17-12-7-5-11(6-8-12)15-13-9-18-10-14(13)16(19-15)20(2,3)4/h5-8H,9-10H2,1-4H3. The Hall–Kier alpha value is -1.52. The number of hydrogen-bond donors (Lipinski definition) is 0. The van der Waals surface area contributed by atoms with Crippen LogP contribution in [0.25, 0.3) is 11.3 Å². The lowest BCUT2D eigenvalue weighted by Gasteiger charge is -2.14. The Kier molecular flexibility index (Phi) is 3.22. The summed E-state index contributed by atoms with van der Waals surface area (Å²) in [6.07, 6.45) is 0. The van der Waals surface area contributed by atoms with Crippen molar-refractivity contribution in [3.05, 3.63) is 35.4 Å². The maximum Gasteiger partial charge on any atom is 0.139 e. The fraction of sp³-hybridized carbons (Fsp3) is 0.375. The molecule has 2 aromatic rings. The molecule has 0 spiro atoms. The average molecular weight is 288 g/mol. The summed E-state index contributed by atoms with van der Waals surface area (Å²) in [7, 11) is 0.186. The van der Waals surface area contributed by atoms with Crippen molar-refractivity contribution >= 4 is 13.5 Å². The molecule has 0 unspecified atom stereocenters. The summed E-state index contributed by atoms with van der Waals surface area (Å²) >= 11 is 0. The van der Waals surface area contributed by atoms with E-state index < -0.39 is 8.07 Å². The Balaban J connectivity index is 2.10. The smallest absolute Gasteiger partial charge is 0.139 e. The number of ether oxygens (including phenoxy) is 2. The molecule has 2 heterocycles. The number of methoxy groups -OCH3 is 1. The van der Waals surface area contributed by atoms with Gasteiger partial charge in [-0.05, 0) is 24.3 Å². The molecule has 3 rings (SSSR count). The second-order valence-corrected chi connectivity index (χ2v) is 11.1. The van der Waals surface area contributed by atoms with Gasteiger partial charge in [-0.3, -0.25) is 0 Å². The predicted octanol–water partition coefficient (Wildman–Crippen LogP) is 3.53. The van der Waals surface area contributed by atoms with Crippen LogP contribution in [0.1, 0.15) is 11.1 Å². The van der Waals surface area contributed by atoms with Gasteiger partial charge in [-0.2, -0.15) is 0 Å². The van der Waals surface area contributed by atoms with E-state index in [4.69, 9.17) is 13.9 Å². The lowest BCUT2D eigenvalue weighted by molar-refractivity contribution is 0.133. The lowest BCUT2D eigenvalue weighted by Crippen LogP contribution is -2.38. The van der Waals surface area contributed by atoms with Gasteiger partial charge in [-0.25, -0.2) is 0 Å². The van der Waals surface area contributed by atoms with Crippen molar-refractivity contribution < 1.29 is 13.9 Å². The molecule has 0 saturated carbocycles. The molecule has 0 aliphatic carbocycles. The Bertz CT molecular complexity index is 620. The molecule has 0 N–H and O–H groups in total. The fourth-order valence-electron chi connectivity index (χ4n) is 2.64. The number of hydrogen-bond acceptors (Lipinski definition) is 3. The highest BCUT2D eigenvalue weighted by molar-refractivity contribution is 6.88. The van der Waals surface area contributed by atoms with Crippen LogP contribution in [-0.2, 0) is 18.0 Å². The SMILES string of the molecule is COc1ccc(-c2oc([Si](C)(C)C)c3c2COC3)cc1. The molecule has 0 atom stereocenters. The maximum absolute atomic E-state index is 6.25. The van der Waals surface area contributed by atoms with Gasteiger partial charge < -0.3 is 13.9 Å². The van der Waals surface area contributed by atoms with E-state index in [1.807, 2.05) is 24.3 Å². The van der Waals surface area contributed by atoms with Gasteiger partial charge in [0.25, 0.3) is 0 Å². The van der Waals surface area contributed by atoms with E-state index in [1.54, 1.807) is 7.11 Å². The van der Waals surface area contributed by atoms with Crippen LogP contribution in [0.5, 0.6) is 5.75 Å². The predicted molar refractivity (Wildman–Crippen MR) is 82.2 cm³/mol. The molecule has 20 heavy (non-hydrogen) atoms. The zero-order valence-electron chi connectivity index (χ0n) is 12.4. The molecule has 0 amide bonds. The van der Waals surface area contributed by atoms with E-state index in [0.717, 1.165) is 17.1 Å². The second-order valence-electron chi connectivity index (χ2n) is 6.19. The summed E-state index contributed by atoms with van der Waals surface area (Å²) in [5.41, 5.74) is 3.61. The molecule has 1 aromatic carbocycles. The highest BCUT2D eigenvalue weighted by Crippen LogP contribution is 2.34. The molecular formula is C16H20O3Si. The molecule has 0 fully saturated rings. The number of benzene rings is 1. The van der Waals surface area contributed by atoms with Crippen molar-refractivity contribution in [1.29, 1.82) is 0 Å². The van der Waals surface area contributed by atoms with E-state index in [9.17, 15) is 0 Å². The van der Waals surface area contributed by atoms with Gasteiger partial charge in [0.15, 0.2) is 0 Å². The molecule has 1 aliphatic heterocycles. The average Bonchev–Trinajstić information content (AvgIpc) is 2.99. The highest BCUT2D eigenvalue weighted by atomic mass is 28.3. The number of fused-ring (bicyclic) bond motifs is 1. The number of rotatable bonds is 3. The third-order valence-electron chi connectivity index (χ3n) is 3.64. The summed E-state index contributed by atoms with van der Waals surface area (Å²) in [4.78, 5) is 0. The first-order valence-corrected chi connectivity index (χ1v) is 10.4. The minimum absolute atomic E-state index is 0.657. The minimum atomic E-state index is -1.49. The summed E-state index contributed by atoms with van der Waals surface area (Å²) in [6.45, 7) is 8.27. The van der Waals surface area contributed by atoms with Crippen molar-refractivity contribution in [3.63, 3.8) is 0 Å². The number of furan rings is 1. The molecule has 1 aliphatic rings.